The predicted molar refractivity (Wildman–Crippen MR) is 104 cm³/mol. The first-order valence-corrected chi connectivity index (χ1v) is 9.52. The molecule has 0 fully saturated rings. The van der Waals surface area contributed by atoms with Gasteiger partial charge in [0.15, 0.2) is 0 Å². The summed E-state index contributed by atoms with van der Waals surface area (Å²) in [4.78, 5) is 0. The Kier molecular flexibility index (Phi) is 4.94. The number of fused-ring (bicyclic) bond motifs is 1. The molecule has 0 saturated carbocycles. The fourth-order valence-corrected chi connectivity index (χ4v) is 4.14. The molecule has 0 saturated heterocycles. The van der Waals surface area contributed by atoms with Crippen LogP contribution in [0.5, 0.6) is 0 Å². The zero-order valence-electron chi connectivity index (χ0n) is 16.4. The highest BCUT2D eigenvalue weighted by Gasteiger charge is 2.26. The quantitative estimate of drug-likeness (QED) is 0.591. The lowest BCUT2D eigenvalue weighted by Crippen LogP contribution is -2.41. The summed E-state index contributed by atoms with van der Waals surface area (Å²) in [5.41, 5.74) is 7.63. The molecule has 0 aliphatic carbocycles. The van der Waals surface area contributed by atoms with E-state index in [0.29, 0.717) is 6.04 Å². The highest BCUT2D eigenvalue weighted by Crippen LogP contribution is 2.29. The average Bonchev–Trinajstić information content (AvgIpc) is 2.95. The molecule has 3 heteroatoms. The number of hydrogen-bond donors (Lipinski definition) is 0. The fraction of sp³-hybridized carbons (Fsp3) is 0.455. The van der Waals surface area contributed by atoms with Crippen molar-refractivity contribution in [3.8, 4) is 11.3 Å². The number of pyridine rings is 1. The molecule has 0 N–H and O–H groups in total. The monoisotopic (exact) mass is 336 g/mol. The maximum absolute atomic E-state index is 5.01. The van der Waals surface area contributed by atoms with Gasteiger partial charge in [0.1, 0.15) is 5.69 Å². The standard InChI is InChI=1S/C22H30N3/c1-7-18(8-2)24-20(9-3)23-25-19(11-10-12-21(24)25)22-16(5)13-15(4)14-17(22)6/h10-14,18H,7-9H2,1-6H3/q+1. The third-order valence-corrected chi connectivity index (χ3v) is 5.24. The van der Waals surface area contributed by atoms with Crippen LogP contribution in [0, 0.1) is 20.8 Å². The van der Waals surface area contributed by atoms with Crippen LogP contribution in [0.15, 0.2) is 30.3 Å². The second-order valence-corrected chi connectivity index (χ2v) is 7.06. The maximum atomic E-state index is 5.01. The molecule has 0 bridgehead atoms. The molecule has 0 aliphatic heterocycles. The van der Waals surface area contributed by atoms with E-state index in [9.17, 15) is 0 Å². The van der Waals surface area contributed by atoms with Gasteiger partial charge in [0.05, 0.1) is 6.04 Å². The SMILES string of the molecule is CCc1nn2c(-c3c(C)cc(C)cc3C)cccc2[n+]1C(CC)CC. The molecule has 3 rings (SSSR count). The van der Waals surface area contributed by atoms with Crippen molar-refractivity contribution in [2.24, 2.45) is 0 Å². The van der Waals surface area contributed by atoms with Crippen LogP contribution in [0.3, 0.4) is 0 Å². The minimum atomic E-state index is 0.503. The van der Waals surface area contributed by atoms with Crippen molar-refractivity contribution in [1.82, 2.24) is 9.61 Å². The molecular formula is C22H30N3+. The first-order valence-electron chi connectivity index (χ1n) is 9.52. The topological polar surface area (TPSA) is 21.2 Å². The van der Waals surface area contributed by atoms with E-state index in [1.807, 2.05) is 0 Å². The first kappa shape index (κ1) is 17.7. The summed E-state index contributed by atoms with van der Waals surface area (Å²) in [6.45, 7) is 13.3. The van der Waals surface area contributed by atoms with Gasteiger partial charge < -0.3 is 0 Å². The molecule has 0 aliphatic rings. The molecule has 3 nitrogen and oxygen atoms in total. The van der Waals surface area contributed by atoms with Gasteiger partial charge in [-0.1, -0.05) is 49.0 Å². The molecule has 2 heterocycles. The Morgan fingerprint density at radius 3 is 2.20 bits per heavy atom. The molecule has 25 heavy (non-hydrogen) atoms. The van der Waals surface area contributed by atoms with Gasteiger partial charge in [-0.05, 0) is 50.8 Å². The maximum Gasteiger partial charge on any atom is 0.278 e. The molecule has 0 radical (unpaired) electrons. The fourth-order valence-electron chi connectivity index (χ4n) is 4.14. The van der Waals surface area contributed by atoms with Gasteiger partial charge in [0.25, 0.3) is 11.5 Å². The number of rotatable bonds is 5. The largest absolute Gasteiger partial charge is 0.278 e. The number of aryl methyl sites for hydroxylation is 4. The lowest BCUT2D eigenvalue weighted by molar-refractivity contribution is -0.707. The van der Waals surface area contributed by atoms with Crippen molar-refractivity contribution in [2.75, 3.05) is 0 Å². The Morgan fingerprint density at radius 1 is 1.00 bits per heavy atom. The summed E-state index contributed by atoms with van der Waals surface area (Å²) in [6.07, 6.45) is 3.20. The number of nitrogens with zero attached hydrogens (tertiary/aromatic N) is 3. The molecule has 3 aromatic rings. The van der Waals surface area contributed by atoms with E-state index < -0.39 is 0 Å². The Morgan fingerprint density at radius 2 is 1.64 bits per heavy atom. The summed E-state index contributed by atoms with van der Waals surface area (Å²) < 4.78 is 4.60. The molecular weight excluding hydrogens is 306 g/mol. The third-order valence-electron chi connectivity index (χ3n) is 5.24. The van der Waals surface area contributed by atoms with Gasteiger partial charge >= 0.3 is 0 Å². The van der Waals surface area contributed by atoms with Gasteiger partial charge in [0, 0.05) is 23.1 Å². The molecule has 0 amide bonds. The average molecular weight is 337 g/mol. The van der Waals surface area contributed by atoms with E-state index in [-0.39, 0.29) is 0 Å². The zero-order valence-corrected chi connectivity index (χ0v) is 16.4. The van der Waals surface area contributed by atoms with Gasteiger partial charge in [0.2, 0.25) is 0 Å². The van der Waals surface area contributed by atoms with Crippen LogP contribution in [-0.2, 0) is 6.42 Å². The van der Waals surface area contributed by atoms with E-state index in [4.69, 9.17) is 5.10 Å². The summed E-state index contributed by atoms with van der Waals surface area (Å²) in [7, 11) is 0. The highest BCUT2D eigenvalue weighted by atomic mass is 15.4. The predicted octanol–water partition coefficient (Wildman–Crippen LogP) is 5.14. The Balaban J connectivity index is 2.33. The van der Waals surface area contributed by atoms with Gasteiger partial charge in [-0.3, -0.25) is 0 Å². The number of benzene rings is 1. The van der Waals surface area contributed by atoms with Gasteiger partial charge in [-0.15, -0.1) is 0 Å². The summed E-state index contributed by atoms with van der Waals surface area (Å²) in [5.74, 6) is 1.17. The second-order valence-electron chi connectivity index (χ2n) is 7.06. The smallest absolute Gasteiger partial charge is 0.225 e. The van der Waals surface area contributed by atoms with E-state index in [1.165, 1.54) is 39.4 Å². The molecule has 0 unspecified atom stereocenters. The summed E-state index contributed by atoms with van der Waals surface area (Å²) in [6, 6.07) is 11.6. The van der Waals surface area contributed by atoms with Crippen molar-refractivity contribution < 1.29 is 4.57 Å². The van der Waals surface area contributed by atoms with Crippen molar-refractivity contribution in [2.45, 2.75) is 66.8 Å². The van der Waals surface area contributed by atoms with Gasteiger partial charge in [-0.2, -0.15) is 0 Å². The van der Waals surface area contributed by atoms with Crippen LogP contribution in [0.25, 0.3) is 16.9 Å². The van der Waals surface area contributed by atoms with E-state index in [0.717, 1.165) is 19.3 Å². The molecule has 2 aromatic heterocycles. The van der Waals surface area contributed by atoms with E-state index in [2.05, 4.69) is 81.0 Å². The molecule has 1 aromatic carbocycles. The Hall–Kier alpha value is -2.16. The Bertz CT molecular complexity index is 878. The molecule has 132 valence electrons. The van der Waals surface area contributed by atoms with E-state index in [1.54, 1.807) is 0 Å². The minimum absolute atomic E-state index is 0.503. The highest BCUT2D eigenvalue weighted by molar-refractivity contribution is 5.70. The van der Waals surface area contributed by atoms with Crippen molar-refractivity contribution in [3.05, 3.63) is 52.8 Å². The zero-order chi connectivity index (χ0) is 18.1. The van der Waals surface area contributed by atoms with Crippen LogP contribution in [0.1, 0.15) is 62.2 Å². The second kappa shape index (κ2) is 6.99. The summed E-state index contributed by atoms with van der Waals surface area (Å²) in [5, 5.41) is 5.01. The van der Waals surface area contributed by atoms with Crippen molar-refractivity contribution in [3.63, 3.8) is 0 Å². The van der Waals surface area contributed by atoms with Crippen molar-refractivity contribution >= 4 is 5.65 Å². The molecule has 0 spiro atoms. The number of aromatic nitrogens is 3. The Labute approximate surface area is 151 Å². The number of hydrogen-bond acceptors (Lipinski definition) is 1. The van der Waals surface area contributed by atoms with Crippen LogP contribution < -0.4 is 4.57 Å². The summed E-state index contributed by atoms with van der Waals surface area (Å²) >= 11 is 0. The molecule has 0 atom stereocenters. The third kappa shape index (κ3) is 2.97. The van der Waals surface area contributed by atoms with Crippen LogP contribution >= 0.6 is 0 Å². The lowest BCUT2D eigenvalue weighted by Gasteiger charge is -2.12. The minimum Gasteiger partial charge on any atom is -0.225 e. The normalized spacial score (nSPS) is 11.6. The van der Waals surface area contributed by atoms with Crippen molar-refractivity contribution in [1.29, 1.82) is 0 Å². The van der Waals surface area contributed by atoms with E-state index >= 15 is 0 Å². The van der Waals surface area contributed by atoms with Crippen LogP contribution in [0.2, 0.25) is 0 Å². The first-order chi connectivity index (χ1) is 12.0. The lowest BCUT2D eigenvalue weighted by atomic mass is 9.97. The van der Waals surface area contributed by atoms with Crippen LogP contribution in [-0.4, -0.2) is 9.61 Å². The van der Waals surface area contributed by atoms with Crippen LogP contribution in [0.4, 0.5) is 0 Å². The van der Waals surface area contributed by atoms with Gasteiger partial charge in [-0.25, -0.2) is 4.57 Å².